The van der Waals surface area contributed by atoms with Gasteiger partial charge in [0.15, 0.2) is 0 Å². The number of sulfonamides is 1. The Bertz CT molecular complexity index is 1340. The molecule has 2 N–H and O–H groups in total. The van der Waals surface area contributed by atoms with Crippen LogP contribution in [0, 0.1) is 0 Å². The fourth-order valence-corrected chi connectivity index (χ4v) is 5.31. The number of rotatable bonds is 9. The van der Waals surface area contributed by atoms with E-state index in [1.807, 2.05) is 31.3 Å². The van der Waals surface area contributed by atoms with Crippen molar-refractivity contribution in [3.05, 3.63) is 77.9 Å². The van der Waals surface area contributed by atoms with Gasteiger partial charge < -0.3 is 24.6 Å². The fraction of sp³-hybridized carbons (Fsp3) is 0.296. The number of likely N-dealkylation sites (N-methyl/N-ethyl adjacent to an activating group) is 1. The van der Waals surface area contributed by atoms with Gasteiger partial charge in [-0.15, -0.1) is 0 Å². The van der Waals surface area contributed by atoms with E-state index in [0.717, 1.165) is 24.4 Å². The van der Waals surface area contributed by atoms with Crippen molar-refractivity contribution in [2.24, 2.45) is 0 Å². The molecule has 0 radical (unpaired) electrons. The van der Waals surface area contributed by atoms with Crippen LogP contribution in [0.15, 0.2) is 71.6 Å². The summed E-state index contributed by atoms with van der Waals surface area (Å²) >= 11 is 0. The van der Waals surface area contributed by atoms with Gasteiger partial charge in [-0.3, -0.25) is 9.52 Å². The highest BCUT2D eigenvalue weighted by Gasteiger charge is 2.25. The lowest BCUT2D eigenvalue weighted by molar-refractivity contribution is 0.0664. The summed E-state index contributed by atoms with van der Waals surface area (Å²) in [7, 11) is 1.09. The van der Waals surface area contributed by atoms with Crippen LogP contribution >= 0.6 is 0 Å². The molecule has 0 spiro atoms. The number of amides is 1. The van der Waals surface area contributed by atoms with E-state index in [-0.39, 0.29) is 10.8 Å². The molecule has 1 fully saturated rings. The van der Waals surface area contributed by atoms with Crippen LogP contribution in [0.4, 0.5) is 11.4 Å². The molecule has 0 unspecified atom stereocenters. The van der Waals surface area contributed by atoms with Crippen molar-refractivity contribution in [2.45, 2.75) is 11.4 Å². The zero-order valence-electron chi connectivity index (χ0n) is 21.2. The maximum atomic E-state index is 13.6. The highest BCUT2D eigenvalue weighted by molar-refractivity contribution is 7.92. The van der Waals surface area contributed by atoms with Gasteiger partial charge in [0.2, 0.25) is 0 Å². The predicted octanol–water partition coefficient (Wildman–Crippen LogP) is 3.50. The smallest absolute Gasteiger partial charge is 0.263 e. The minimum absolute atomic E-state index is 0.0104. The number of methoxy groups -OCH3 is 2. The van der Waals surface area contributed by atoms with Gasteiger partial charge >= 0.3 is 0 Å². The minimum Gasteiger partial charge on any atom is -0.497 e. The van der Waals surface area contributed by atoms with Crippen molar-refractivity contribution >= 4 is 27.3 Å². The van der Waals surface area contributed by atoms with Crippen LogP contribution in [0.1, 0.15) is 15.9 Å². The lowest BCUT2D eigenvalue weighted by atomic mass is 10.1. The normalized spacial score (nSPS) is 14.2. The van der Waals surface area contributed by atoms with Gasteiger partial charge in [0, 0.05) is 44.4 Å². The molecule has 0 atom stereocenters. The van der Waals surface area contributed by atoms with Crippen LogP contribution in [-0.4, -0.2) is 71.6 Å². The topological polar surface area (TPSA) is 100 Å². The molecule has 1 aliphatic rings. The van der Waals surface area contributed by atoms with E-state index in [9.17, 15) is 13.2 Å². The maximum Gasteiger partial charge on any atom is 0.263 e. The van der Waals surface area contributed by atoms with E-state index in [1.54, 1.807) is 48.4 Å². The van der Waals surface area contributed by atoms with Crippen LogP contribution < -0.4 is 19.5 Å². The molecular formula is C27H32N4O5S. The van der Waals surface area contributed by atoms with Gasteiger partial charge in [-0.1, -0.05) is 18.2 Å². The molecule has 1 saturated heterocycles. The van der Waals surface area contributed by atoms with Gasteiger partial charge in [0.1, 0.15) is 16.4 Å². The summed E-state index contributed by atoms with van der Waals surface area (Å²) in [5.74, 6) is 1.07. The number of nitrogens with zero attached hydrogens (tertiary/aromatic N) is 2. The average Bonchev–Trinajstić information content (AvgIpc) is 2.92. The molecular weight excluding hydrogens is 492 g/mol. The van der Waals surface area contributed by atoms with Crippen LogP contribution in [0.3, 0.4) is 0 Å². The van der Waals surface area contributed by atoms with Crippen molar-refractivity contribution < 1.29 is 22.7 Å². The number of benzene rings is 3. The number of nitrogens with one attached hydrogen (secondary N) is 2. The summed E-state index contributed by atoms with van der Waals surface area (Å²) in [5, 5.41) is 3.22. The second-order valence-electron chi connectivity index (χ2n) is 8.85. The third-order valence-electron chi connectivity index (χ3n) is 6.27. The van der Waals surface area contributed by atoms with E-state index in [1.165, 1.54) is 13.2 Å². The Kier molecular flexibility index (Phi) is 8.20. The molecule has 1 amide bonds. The van der Waals surface area contributed by atoms with Crippen LogP contribution in [0.5, 0.6) is 11.5 Å². The summed E-state index contributed by atoms with van der Waals surface area (Å²) in [4.78, 5) is 17.1. The zero-order valence-corrected chi connectivity index (χ0v) is 22.0. The molecule has 0 bridgehead atoms. The Morgan fingerprint density at radius 3 is 2.27 bits per heavy atom. The molecule has 1 heterocycles. The fourth-order valence-electron chi connectivity index (χ4n) is 4.05. The first-order chi connectivity index (χ1) is 17.8. The summed E-state index contributed by atoms with van der Waals surface area (Å²) in [6.45, 7) is 3.12. The lowest BCUT2D eigenvalue weighted by Gasteiger charge is -2.32. The van der Waals surface area contributed by atoms with Gasteiger partial charge in [-0.2, -0.15) is 0 Å². The number of carbonyl (C=O) groups is 1. The summed E-state index contributed by atoms with van der Waals surface area (Å²) < 4.78 is 40.2. The van der Waals surface area contributed by atoms with Crippen LogP contribution in [0.2, 0.25) is 0 Å². The van der Waals surface area contributed by atoms with Gasteiger partial charge in [0.05, 0.1) is 25.6 Å². The maximum absolute atomic E-state index is 13.6. The molecule has 4 rings (SSSR count). The van der Waals surface area contributed by atoms with Crippen molar-refractivity contribution in [3.63, 3.8) is 0 Å². The van der Waals surface area contributed by atoms with E-state index in [2.05, 4.69) is 14.9 Å². The number of ether oxygens (including phenoxy) is 2. The molecule has 10 heteroatoms. The average molecular weight is 525 g/mol. The largest absolute Gasteiger partial charge is 0.497 e. The lowest BCUT2D eigenvalue weighted by Crippen LogP contribution is -2.47. The van der Waals surface area contributed by atoms with Gasteiger partial charge in [-0.25, -0.2) is 8.42 Å². The van der Waals surface area contributed by atoms with E-state index in [0.29, 0.717) is 42.3 Å². The predicted molar refractivity (Wildman–Crippen MR) is 144 cm³/mol. The molecule has 0 aromatic heterocycles. The number of hydrogen-bond acceptors (Lipinski definition) is 7. The molecule has 3 aromatic carbocycles. The van der Waals surface area contributed by atoms with Gasteiger partial charge in [0.25, 0.3) is 15.9 Å². The monoisotopic (exact) mass is 524 g/mol. The molecule has 9 nitrogen and oxygen atoms in total. The molecule has 0 saturated carbocycles. The highest BCUT2D eigenvalue weighted by atomic mass is 32.2. The van der Waals surface area contributed by atoms with Crippen molar-refractivity contribution in [1.82, 2.24) is 9.80 Å². The number of hydrogen-bond donors (Lipinski definition) is 2. The third-order valence-corrected chi connectivity index (χ3v) is 7.69. The SMILES string of the molecule is COc1ccc(CNc2ccc(C(=O)N3CCN(C)CC3)cc2S(=O)(=O)Nc2cccc(OC)c2)cc1. The van der Waals surface area contributed by atoms with Gasteiger partial charge in [-0.05, 0) is 55.1 Å². The first-order valence-corrected chi connectivity index (χ1v) is 13.4. The van der Waals surface area contributed by atoms with Crippen molar-refractivity contribution in [2.75, 3.05) is 57.5 Å². The Morgan fingerprint density at radius 2 is 1.59 bits per heavy atom. The number of carbonyl (C=O) groups excluding carboxylic acids is 1. The quantitative estimate of drug-likeness (QED) is 0.442. The second kappa shape index (κ2) is 11.5. The second-order valence-corrected chi connectivity index (χ2v) is 10.5. The van der Waals surface area contributed by atoms with E-state index >= 15 is 0 Å². The summed E-state index contributed by atoms with van der Waals surface area (Å²) in [6.07, 6.45) is 0. The first kappa shape index (κ1) is 26.3. The molecule has 1 aliphatic heterocycles. The zero-order chi connectivity index (χ0) is 26.4. The molecule has 3 aromatic rings. The van der Waals surface area contributed by atoms with Crippen molar-refractivity contribution in [3.8, 4) is 11.5 Å². The Labute approximate surface area is 218 Å². The molecule has 0 aliphatic carbocycles. The number of anilines is 2. The Morgan fingerprint density at radius 1 is 0.892 bits per heavy atom. The Balaban J connectivity index is 1.64. The third kappa shape index (κ3) is 6.52. The molecule has 196 valence electrons. The summed E-state index contributed by atoms with van der Waals surface area (Å²) in [6, 6.07) is 18.9. The van der Waals surface area contributed by atoms with E-state index < -0.39 is 10.0 Å². The van der Waals surface area contributed by atoms with Crippen LogP contribution in [-0.2, 0) is 16.6 Å². The molecule has 37 heavy (non-hydrogen) atoms. The summed E-state index contributed by atoms with van der Waals surface area (Å²) in [5.41, 5.74) is 2.02. The van der Waals surface area contributed by atoms with E-state index in [4.69, 9.17) is 9.47 Å². The van der Waals surface area contributed by atoms with Crippen LogP contribution in [0.25, 0.3) is 0 Å². The first-order valence-electron chi connectivity index (χ1n) is 11.9. The standard InChI is InChI=1S/C27H32N4O5S/c1-30-13-15-31(16-14-30)27(32)21-9-12-25(28-19-20-7-10-23(35-2)11-8-20)26(17-21)37(33,34)29-22-5-4-6-24(18-22)36-3/h4-12,17-18,28-29H,13-16,19H2,1-3H3. The minimum atomic E-state index is -4.05. The Hall–Kier alpha value is -3.76. The number of piperazine rings is 1. The van der Waals surface area contributed by atoms with Crippen molar-refractivity contribution in [1.29, 1.82) is 0 Å². The highest BCUT2D eigenvalue weighted by Crippen LogP contribution is 2.28.